The van der Waals surface area contributed by atoms with Gasteiger partial charge in [0.1, 0.15) is 0 Å². The third-order valence-corrected chi connectivity index (χ3v) is 4.84. The Morgan fingerprint density at radius 1 is 1.06 bits per heavy atom. The molecule has 2 amide bonds. The van der Waals surface area contributed by atoms with Crippen LogP contribution in [0.15, 0.2) is 59.6 Å². The molecule has 1 fully saturated rings. The van der Waals surface area contributed by atoms with Gasteiger partial charge < -0.3 is 20.9 Å². The van der Waals surface area contributed by atoms with Gasteiger partial charge in [-0.1, -0.05) is 42.5 Å². The first-order valence-electron chi connectivity index (χ1n) is 10.4. The van der Waals surface area contributed by atoms with Crippen LogP contribution >= 0.6 is 24.0 Å². The molecule has 7 nitrogen and oxygen atoms in total. The summed E-state index contributed by atoms with van der Waals surface area (Å²) >= 11 is 0. The number of amides is 2. The van der Waals surface area contributed by atoms with Gasteiger partial charge in [-0.25, -0.2) is 4.99 Å². The van der Waals surface area contributed by atoms with E-state index < -0.39 is 0 Å². The summed E-state index contributed by atoms with van der Waals surface area (Å²) in [5.74, 6) is 0.542. The van der Waals surface area contributed by atoms with Crippen LogP contribution in [0.5, 0.6) is 0 Å². The number of aliphatic imine (C=N–C) groups is 1. The number of carbonyl (C=O) groups is 2. The number of carbonyl (C=O) groups excluding carboxylic acids is 2. The Morgan fingerprint density at radius 2 is 1.81 bits per heavy atom. The van der Waals surface area contributed by atoms with Crippen LogP contribution in [-0.4, -0.2) is 55.4 Å². The summed E-state index contributed by atoms with van der Waals surface area (Å²) in [6, 6.07) is 17.8. The molecule has 0 radical (unpaired) electrons. The van der Waals surface area contributed by atoms with Crippen LogP contribution in [0.4, 0.5) is 0 Å². The van der Waals surface area contributed by atoms with Crippen molar-refractivity contribution >= 4 is 41.8 Å². The van der Waals surface area contributed by atoms with Gasteiger partial charge in [-0.15, -0.1) is 24.0 Å². The molecule has 1 aliphatic rings. The second-order valence-corrected chi connectivity index (χ2v) is 7.13. The van der Waals surface area contributed by atoms with E-state index >= 15 is 0 Å². The van der Waals surface area contributed by atoms with Crippen LogP contribution in [-0.2, 0) is 17.8 Å². The van der Waals surface area contributed by atoms with E-state index in [2.05, 4.69) is 33.1 Å². The number of nitrogens with zero attached hydrogens (tertiary/aromatic N) is 2. The van der Waals surface area contributed by atoms with Crippen molar-refractivity contribution in [2.45, 2.75) is 19.9 Å². The zero-order valence-electron chi connectivity index (χ0n) is 17.8. The van der Waals surface area contributed by atoms with E-state index in [0.717, 1.165) is 31.0 Å². The molecule has 1 aliphatic heterocycles. The summed E-state index contributed by atoms with van der Waals surface area (Å²) in [5.41, 5.74) is 2.89. The molecule has 0 spiro atoms. The first-order chi connectivity index (χ1) is 14.7. The first kappa shape index (κ1) is 24.6. The molecular formula is C23H30IN5O2. The van der Waals surface area contributed by atoms with Gasteiger partial charge in [-0.2, -0.15) is 0 Å². The van der Waals surface area contributed by atoms with Crippen molar-refractivity contribution in [3.63, 3.8) is 0 Å². The van der Waals surface area contributed by atoms with Crippen LogP contribution in [0.2, 0.25) is 0 Å². The fourth-order valence-corrected chi connectivity index (χ4v) is 3.23. The number of nitrogens with one attached hydrogen (secondary N) is 3. The number of hydrogen-bond donors (Lipinski definition) is 3. The standard InChI is InChI=1S/C23H29N5O2.HI/c1-2-24-23(26-13-12-18-6-4-3-5-7-18)27-16-19-8-10-20(11-9-19)22(30)28-15-14-25-21(29)17-28;/h3-11H,2,12-17H2,1H3,(H,25,29)(H2,24,26,27);1H. The lowest BCUT2D eigenvalue weighted by Crippen LogP contribution is -2.49. The molecule has 0 saturated carbocycles. The van der Waals surface area contributed by atoms with E-state index in [9.17, 15) is 9.59 Å². The average molecular weight is 535 g/mol. The van der Waals surface area contributed by atoms with E-state index in [0.29, 0.717) is 25.2 Å². The minimum Gasteiger partial charge on any atom is -0.357 e. The highest BCUT2D eigenvalue weighted by Crippen LogP contribution is 2.10. The summed E-state index contributed by atoms with van der Waals surface area (Å²) in [5, 5.41) is 9.34. The maximum atomic E-state index is 12.5. The van der Waals surface area contributed by atoms with Crippen molar-refractivity contribution in [1.29, 1.82) is 0 Å². The quantitative estimate of drug-likeness (QED) is 0.288. The molecule has 0 unspecified atom stereocenters. The Bertz CT molecular complexity index is 871. The highest BCUT2D eigenvalue weighted by molar-refractivity contribution is 14.0. The second-order valence-electron chi connectivity index (χ2n) is 7.13. The minimum absolute atomic E-state index is 0. The van der Waals surface area contributed by atoms with E-state index in [4.69, 9.17) is 0 Å². The fraction of sp³-hybridized carbons (Fsp3) is 0.348. The molecule has 8 heteroatoms. The topological polar surface area (TPSA) is 85.8 Å². The Kier molecular flexibility index (Phi) is 10.3. The van der Waals surface area contributed by atoms with E-state index in [1.165, 1.54) is 5.56 Å². The van der Waals surface area contributed by atoms with E-state index in [1.807, 2.05) is 37.3 Å². The molecule has 0 aliphatic carbocycles. The minimum atomic E-state index is -0.115. The number of guanidine groups is 1. The van der Waals surface area contributed by atoms with Crippen molar-refractivity contribution < 1.29 is 9.59 Å². The van der Waals surface area contributed by atoms with Gasteiger partial charge in [-0.05, 0) is 36.6 Å². The van der Waals surface area contributed by atoms with E-state index in [1.54, 1.807) is 17.0 Å². The van der Waals surface area contributed by atoms with Crippen molar-refractivity contribution in [3.05, 3.63) is 71.3 Å². The van der Waals surface area contributed by atoms with Gasteiger partial charge >= 0.3 is 0 Å². The zero-order chi connectivity index (χ0) is 21.2. The van der Waals surface area contributed by atoms with Gasteiger partial charge in [0.2, 0.25) is 5.91 Å². The zero-order valence-corrected chi connectivity index (χ0v) is 20.1. The molecule has 1 heterocycles. The van der Waals surface area contributed by atoms with Gasteiger partial charge in [0.15, 0.2) is 5.96 Å². The molecule has 3 N–H and O–H groups in total. The third-order valence-electron chi connectivity index (χ3n) is 4.84. The maximum Gasteiger partial charge on any atom is 0.254 e. The maximum absolute atomic E-state index is 12.5. The molecule has 3 rings (SSSR count). The number of hydrogen-bond acceptors (Lipinski definition) is 3. The lowest BCUT2D eigenvalue weighted by Gasteiger charge is -2.26. The largest absolute Gasteiger partial charge is 0.357 e. The Morgan fingerprint density at radius 3 is 2.48 bits per heavy atom. The van der Waals surface area contributed by atoms with Crippen molar-refractivity contribution in [2.75, 3.05) is 32.7 Å². The monoisotopic (exact) mass is 535 g/mol. The Balaban J connectivity index is 0.00000341. The SMILES string of the molecule is CCNC(=NCc1ccc(C(=O)N2CCNC(=O)C2)cc1)NCCc1ccccc1.I. The van der Waals surface area contributed by atoms with E-state index in [-0.39, 0.29) is 42.3 Å². The number of halogens is 1. The summed E-state index contributed by atoms with van der Waals surface area (Å²) in [6.07, 6.45) is 0.927. The van der Waals surface area contributed by atoms with Crippen molar-refractivity contribution in [2.24, 2.45) is 4.99 Å². The normalized spacial score (nSPS) is 13.8. The molecule has 2 aromatic rings. The second kappa shape index (κ2) is 12.9. The molecule has 2 aromatic carbocycles. The number of benzene rings is 2. The highest BCUT2D eigenvalue weighted by Gasteiger charge is 2.22. The van der Waals surface area contributed by atoms with Gasteiger partial charge in [-0.3, -0.25) is 9.59 Å². The smallest absolute Gasteiger partial charge is 0.254 e. The summed E-state index contributed by atoms with van der Waals surface area (Å²) < 4.78 is 0. The van der Waals surface area contributed by atoms with Crippen LogP contribution in [0.25, 0.3) is 0 Å². The van der Waals surface area contributed by atoms with Crippen LogP contribution in [0.1, 0.15) is 28.4 Å². The molecule has 31 heavy (non-hydrogen) atoms. The van der Waals surface area contributed by atoms with Gasteiger partial charge in [0.05, 0.1) is 13.1 Å². The highest BCUT2D eigenvalue weighted by atomic mass is 127. The molecule has 0 atom stereocenters. The summed E-state index contributed by atoms with van der Waals surface area (Å²) in [7, 11) is 0. The lowest BCUT2D eigenvalue weighted by molar-refractivity contribution is -0.123. The predicted molar refractivity (Wildman–Crippen MR) is 134 cm³/mol. The van der Waals surface area contributed by atoms with Crippen molar-refractivity contribution in [3.8, 4) is 0 Å². The van der Waals surface area contributed by atoms with Crippen molar-refractivity contribution in [1.82, 2.24) is 20.9 Å². The van der Waals surface area contributed by atoms with Crippen LogP contribution in [0, 0.1) is 0 Å². The Labute approximate surface area is 200 Å². The molecule has 1 saturated heterocycles. The summed E-state index contributed by atoms with van der Waals surface area (Å²) in [6.45, 7) is 5.29. The predicted octanol–water partition coefficient (Wildman–Crippen LogP) is 2.17. The number of piperazine rings is 1. The van der Waals surface area contributed by atoms with Crippen LogP contribution in [0.3, 0.4) is 0 Å². The van der Waals surface area contributed by atoms with Crippen LogP contribution < -0.4 is 16.0 Å². The summed E-state index contributed by atoms with van der Waals surface area (Å²) in [4.78, 5) is 30.2. The molecule has 166 valence electrons. The molecule has 0 bridgehead atoms. The fourth-order valence-electron chi connectivity index (χ4n) is 3.23. The Hall–Kier alpha value is -2.62. The van der Waals surface area contributed by atoms with Gasteiger partial charge in [0.25, 0.3) is 5.91 Å². The van der Waals surface area contributed by atoms with Gasteiger partial charge in [0, 0.05) is 31.7 Å². The first-order valence-corrected chi connectivity index (χ1v) is 10.4. The molecule has 0 aromatic heterocycles. The number of rotatable bonds is 7. The average Bonchev–Trinajstić information content (AvgIpc) is 2.78. The molecular weight excluding hydrogens is 505 g/mol. The third kappa shape index (κ3) is 7.86. The lowest BCUT2D eigenvalue weighted by atomic mass is 10.1.